The van der Waals surface area contributed by atoms with Gasteiger partial charge in [0.2, 0.25) is 5.89 Å². The molecule has 1 amide bonds. The quantitative estimate of drug-likeness (QED) is 0.794. The molecule has 0 unspecified atom stereocenters. The summed E-state index contributed by atoms with van der Waals surface area (Å²) in [5, 5.41) is 2.71. The number of nitrogens with one attached hydrogen (secondary N) is 1. The summed E-state index contributed by atoms with van der Waals surface area (Å²) in [4.78, 5) is 16.5. The van der Waals surface area contributed by atoms with Crippen molar-refractivity contribution in [3.63, 3.8) is 0 Å². The summed E-state index contributed by atoms with van der Waals surface area (Å²) in [7, 11) is 3.03. The van der Waals surface area contributed by atoms with Crippen LogP contribution in [0.1, 0.15) is 28.7 Å². The third-order valence-corrected chi connectivity index (χ3v) is 3.58. The zero-order valence-corrected chi connectivity index (χ0v) is 13.9. The van der Waals surface area contributed by atoms with Gasteiger partial charge in [0.25, 0.3) is 5.91 Å². The zero-order chi connectivity index (χ0) is 16.8. The molecule has 0 saturated carbocycles. The van der Waals surface area contributed by atoms with Crippen LogP contribution >= 0.6 is 0 Å². The summed E-state index contributed by atoms with van der Waals surface area (Å²) in [5.41, 5.74) is 2.35. The van der Waals surface area contributed by atoms with Gasteiger partial charge in [-0.25, -0.2) is 4.98 Å². The minimum atomic E-state index is -0.493. The highest BCUT2D eigenvalue weighted by Crippen LogP contribution is 2.22. The third-order valence-electron chi connectivity index (χ3n) is 3.58. The average molecular weight is 318 g/mol. The van der Waals surface area contributed by atoms with Crippen molar-refractivity contribution in [3.05, 3.63) is 41.3 Å². The SMILES string of the molecule is CCc1ccc(-c2nc(C(=O)NCC(OC)OC)c(C)o2)cc1. The highest BCUT2D eigenvalue weighted by molar-refractivity contribution is 5.93. The van der Waals surface area contributed by atoms with Crippen molar-refractivity contribution in [3.8, 4) is 11.5 Å². The Kier molecular flexibility index (Phi) is 5.90. The monoisotopic (exact) mass is 318 g/mol. The molecule has 0 aliphatic rings. The lowest BCUT2D eigenvalue weighted by Gasteiger charge is -2.13. The van der Waals surface area contributed by atoms with E-state index in [1.807, 2.05) is 24.3 Å². The molecule has 0 radical (unpaired) electrons. The molecule has 1 N–H and O–H groups in total. The van der Waals surface area contributed by atoms with E-state index in [0.29, 0.717) is 11.7 Å². The fourth-order valence-electron chi connectivity index (χ4n) is 2.14. The van der Waals surface area contributed by atoms with E-state index in [-0.39, 0.29) is 18.1 Å². The van der Waals surface area contributed by atoms with Crippen molar-refractivity contribution < 1.29 is 18.7 Å². The molecule has 1 aromatic carbocycles. The molecule has 6 nitrogen and oxygen atoms in total. The van der Waals surface area contributed by atoms with Gasteiger partial charge in [-0.05, 0) is 31.0 Å². The lowest BCUT2D eigenvalue weighted by Crippen LogP contribution is -2.34. The normalized spacial score (nSPS) is 11.0. The summed E-state index contributed by atoms with van der Waals surface area (Å²) in [6.45, 7) is 4.05. The molecule has 0 saturated heterocycles. The van der Waals surface area contributed by atoms with Gasteiger partial charge in [0.1, 0.15) is 5.76 Å². The number of hydrogen-bond acceptors (Lipinski definition) is 5. The average Bonchev–Trinajstić information content (AvgIpc) is 2.97. The van der Waals surface area contributed by atoms with Crippen LogP contribution < -0.4 is 5.32 Å². The molecule has 1 aromatic heterocycles. The van der Waals surface area contributed by atoms with Gasteiger partial charge < -0.3 is 19.2 Å². The van der Waals surface area contributed by atoms with Gasteiger partial charge >= 0.3 is 0 Å². The van der Waals surface area contributed by atoms with Crippen molar-refractivity contribution in [2.75, 3.05) is 20.8 Å². The lowest BCUT2D eigenvalue weighted by molar-refractivity contribution is -0.0974. The smallest absolute Gasteiger partial charge is 0.273 e. The van der Waals surface area contributed by atoms with Crippen LogP contribution in [0.3, 0.4) is 0 Å². The van der Waals surface area contributed by atoms with Crippen LogP contribution in [-0.2, 0) is 15.9 Å². The molecule has 0 aliphatic heterocycles. The minimum absolute atomic E-state index is 0.235. The van der Waals surface area contributed by atoms with Crippen LogP contribution in [0.5, 0.6) is 0 Å². The molecule has 0 atom stereocenters. The van der Waals surface area contributed by atoms with Gasteiger partial charge in [-0.15, -0.1) is 0 Å². The fraction of sp³-hybridized carbons (Fsp3) is 0.412. The van der Waals surface area contributed by atoms with Gasteiger partial charge in [0, 0.05) is 19.8 Å². The molecular weight excluding hydrogens is 296 g/mol. The number of ether oxygens (including phenoxy) is 2. The first-order valence-corrected chi connectivity index (χ1v) is 7.49. The number of rotatable bonds is 7. The van der Waals surface area contributed by atoms with Crippen LogP contribution in [-0.4, -0.2) is 37.9 Å². The molecule has 0 aliphatic carbocycles. The number of oxazole rings is 1. The molecule has 6 heteroatoms. The molecule has 0 spiro atoms. The van der Waals surface area contributed by atoms with Crippen molar-refractivity contribution in [1.82, 2.24) is 10.3 Å². The van der Waals surface area contributed by atoms with Crippen molar-refractivity contribution in [2.45, 2.75) is 26.6 Å². The number of benzene rings is 1. The highest BCUT2D eigenvalue weighted by Gasteiger charge is 2.19. The van der Waals surface area contributed by atoms with E-state index in [2.05, 4.69) is 17.2 Å². The molecule has 2 aromatic rings. The predicted octanol–water partition coefficient (Wildman–Crippen LogP) is 2.56. The highest BCUT2D eigenvalue weighted by atomic mass is 16.7. The summed E-state index contributed by atoms with van der Waals surface area (Å²) < 4.78 is 15.7. The van der Waals surface area contributed by atoms with Crippen LogP contribution in [0.2, 0.25) is 0 Å². The topological polar surface area (TPSA) is 73.6 Å². The number of carbonyl (C=O) groups excluding carboxylic acids is 1. The Morgan fingerprint density at radius 3 is 2.48 bits per heavy atom. The van der Waals surface area contributed by atoms with Gasteiger partial charge in [0.15, 0.2) is 12.0 Å². The predicted molar refractivity (Wildman–Crippen MR) is 86.2 cm³/mol. The first-order chi connectivity index (χ1) is 11.1. The van der Waals surface area contributed by atoms with E-state index in [1.165, 1.54) is 19.8 Å². The Bertz CT molecular complexity index is 645. The molecular formula is C17H22N2O4. The number of carbonyl (C=O) groups is 1. The van der Waals surface area contributed by atoms with Crippen molar-refractivity contribution >= 4 is 5.91 Å². The van der Waals surface area contributed by atoms with Crippen LogP contribution in [0.15, 0.2) is 28.7 Å². The Morgan fingerprint density at radius 1 is 1.26 bits per heavy atom. The molecule has 1 heterocycles. The van der Waals surface area contributed by atoms with E-state index in [0.717, 1.165) is 12.0 Å². The number of hydrogen-bond donors (Lipinski definition) is 1. The number of amides is 1. The maximum Gasteiger partial charge on any atom is 0.273 e. The van der Waals surface area contributed by atoms with Gasteiger partial charge in [-0.3, -0.25) is 4.79 Å². The summed E-state index contributed by atoms with van der Waals surface area (Å²) in [5.74, 6) is 0.593. The lowest BCUT2D eigenvalue weighted by atomic mass is 10.1. The Labute approximate surface area is 135 Å². The second kappa shape index (κ2) is 7.89. The Morgan fingerprint density at radius 2 is 1.91 bits per heavy atom. The Hall–Kier alpha value is -2.18. The maximum atomic E-state index is 12.2. The van der Waals surface area contributed by atoms with Crippen LogP contribution in [0.25, 0.3) is 11.5 Å². The summed E-state index contributed by atoms with van der Waals surface area (Å²) in [6.07, 6.45) is 0.478. The second-order valence-corrected chi connectivity index (χ2v) is 5.09. The molecule has 23 heavy (non-hydrogen) atoms. The van der Waals surface area contributed by atoms with E-state index in [9.17, 15) is 4.79 Å². The first kappa shape index (κ1) is 17.2. The molecule has 124 valence electrons. The van der Waals surface area contributed by atoms with E-state index < -0.39 is 6.29 Å². The third kappa shape index (κ3) is 4.18. The van der Waals surface area contributed by atoms with Gasteiger partial charge in [-0.1, -0.05) is 19.1 Å². The fourth-order valence-corrected chi connectivity index (χ4v) is 2.14. The maximum absolute atomic E-state index is 12.2. The largest absolute Gasteiger partial charge is 0.441 e. The Balaban J connectivity index is 2.12. The molecule has 0 fully saturated rings. The molecule has 0 bridgehead atoms. The summed E-state index contributed by atoms with van der Waals surface area (Å²) >= 11 is 0. The summed E-state index contributed by atoms with van der Waals surface area (Å²) in [6, 6.07) is 7.93. The van der Waals surface area contributed by atoms with Gasteiger partial charge in [0.05, 0.1) is 6.54 Å². The second-order valence-electron chi connectivity index (χ2n) is 5.09. The standard InChI is InChI=1S/C17H22N2O4/c1-5-12-6-8-13(9-7-12)17-19-15(11(2)23-17)16(20)18-10-14(21-3)22-4/h6-9,14H,5,10H2,1-4H3,(H,18,20). The molecule has 2 rings (SSSR count). The van der Waals surface area contributed by atoms with Gasteiger partial charge in [-0.2, -0.15) is 0 Å². The van der Waals surface area contributed by atoms with E-state index in [4.69, 9.17) is 13.9 Å². The zero-order valence-electron chi connectivity index (χ0n) is 13.9. The minimum Gasteiger partial charge on any atom is -0.441 e. The van der Waals surface area contributed by atoms with E-state index in [1.54, 1.807) is 6.92 Å². The van der Waals surface area contributed by atoms with E-state index >= 15 is 0 Å². The number of aryl methyl sites for hydroxylation is 2. The first-order valence-electron chi connectivity index (χ1n) is 7.49. The van der Waals surface area contributed by atoms with Crippen LogP contribution in [0, 0.1) is 6.92 Å². The van der Waals surface area contributed by atoms with Crippen molar-refractivity contribution in [1.29, 1.82) is 0 Å². The van der Waals surface area contributed by atoms with Crippen molar-refractivity contribution in [2.24, 2.45) is 0 Å². The van der Waals surface area contributed by atoms with Crippen LogP contribution in [0.4, 0.5) is 0 Å². The number of methoxy groups -OCH3 is 2. The number of aromatic nitrogens is 1. The number of nitrogens with zero attached hydrogens (tertiary/aromatic N) is 1.